The van der Waals surface area contributed by atoms with Gasteiger partial charge in [0.2, 0.25) is 5.91 Å². The van der Waals surface area contributed by atoms with Gasteiger partial charge in [0.15, 0.2) is 6.61 Å². The van der Waals surface area contributed by atoms with Crippen LogP contribution in [0.4, 0.5) is 11.4 Å². The van der Waals surface area contributed by atoms with Crippen LogP contribution in [-0.2, 0) is 19.1 Å². The van der Waals surface area contributed by atoms with Gasteiger partial charge < -0.3 is 24.4 Å². The molecule has 1 aliphatic rings. The van der Waals surface area contributed by atoms with Crippen molar-refractivity contribution < 1.29 is 28.6 Å². The molecule has 9 heteroatoms. The third-order valence-corrected chi connectivity index (χ3v) is 4.87. The Labute approximate surface area is 178 Å². The maximum Gasteiger partial charge on any atom is 0.311 e. The molecule has 0 bridgehead atoms. The summed E-state index contributed by atoms with van der Waals surface area (Å²) < 4.78 is 15.4. The minimum atomic E-state index is -0.646. The average Bonchev–Trinajstić information content (AvgIpc) is 3.14. The Morgan fingerprint density at radius 1 is 1.13 bits per heavy atom. The molecule has 8 nitrogen and oxygen atoms in total. The summed E-state index contributed by atoms with van der Waals surface area (Å²) in [6.07, 6.45) is 0.0206. The van der Waals surface area contributed by atoms with Gasteiger partial charge >= 0.3 is 5.97 Å². The molecule has 1 atom stereocenters. The fourth-order valence-corrected chi connectivity index (χ4v) is 3.21. The van der Waals surface area contributed by atoms with E-state index in [4.69, 9.17) is 25.8 Å². The average molecular weight is 433 g/mol. The summed E-state index contributed by atoms with van der Waals surface area (Å²) in [5.41, 5.74) is 1.05. The van der Waals surface area contributed by atoms with Crippen molar-refractivity contribution in [1.29, 1.82) is 0 Å². The van der Waals surface area contributed by atoms with E-state index in [0.717, 1.165) is 0 Å². The van der Waals surface area contributed by atoms with E-state index in [-0.39, 0.29) is 18.9 Å². The molecule has 1 saturated heterocycles. The molecule has 2 aromatic rings. The van der Waals surface area contributed by atoms with Crippen molar-refractivity contribution in [2.24, 2.45) is 5.92 Å². The molecule has 0 spiro atoms. The summed E-state index contributed by atoms with van der Waals surface area (Å²) in [5.74, 6) is -0.996. The summed E-state index contributed by atoms with van der Waals surface area (Å²) in [6, 6.07) is 11.7. The Bertz CT molecular complexity index is 947. The van der Waals surface area contributed by atoms with Crippen LogP contribution < -0.4 is 19.7 Å². The number of hydrogen-bond acceptors (Lipinski definition) is 6. The van der Waals surface area contributed by atoms with E-state index in [1.165, 1.54) is 19.1 Å². The van der Waals surface area contributed by atoms with Crippen LogP contribution in [0.3, 0.4) is 0 Å². The van der Waals surface area contributed by atoms with Crippen LogP contribution in [0.2, 0.25) is 5.02 Å². The summed E-state index contributed by atoms with van der Waals surface area (Å²) in [6.45, 7) is -0.296. The van der Waals surface area contributed by atoms with Crippen molar-refractivity contribution in [3.63, 3.8) is 0 Å². The third-order valence-electron chi connectivity index (χ3n) is 4.62. The molecule has 3 rings (SSSR count). The Hall–Kier alpha value is -3.26. The van der Waals surface area contributed by atoms with Gasteiger partial charge in [0, 0.05) is 29.7 Å². The van der Waals surface area contributed by atoms with Gasteiger partial charge in [-0.25, -0.2) is 0 Å². The summed E-state index contributed by atoms with van der Waals surface area (Å²) in [4.78, 5) is 38.3. The molecule has 30 heavy (non-hydrogen) atoms. The lowest BCUT2D eigenvalue weighted by Crippen LogP contribution is -2.28. The normalized spacial score (nSPS) is 15.6. The second kappa shape index (κ2) is 9.49. The Morgan fingerprint density at radius 2 is 1.87 bits per heavy atom. The fourth-order valence-electron chi connectivity index (χ4n) is 3.09. The zero-order chi connectivity index (χ0) is 21.7. The van der Waals surface area contributed by atoms with E-state index in [1.54, 1.807) is 42.5 Å². The minimum absolute atomic E-state index is 0.0206. The van der Waals surface area contributed by atoms with Gasteiger partial charge in [-0.05, 0) is 36.4 Å². The molecule has 0 radical (unpaired) electrons. The maximum atomic E-state index is 12.4. The molecule has 0 aliphatic carbocycles. The lowest BCUT2D eigenvalue weighted by atomic mass is 10.1. The first-order chi connectivity index (χ1) is 14.4. The van der Waals surface area contributed by atoms with Crippen molar-refractivity contribution in [3.8, 4) is 11.5 Å². The number of halogens is 1. The van der Waals surface area contributed by atoms with E-state index >= 15 is 0 Å². The van der Waals surface area contributed by atoms with Gasteiger partial charge in [0.05, 0.1) is 25.8 Å². The second-order valence-electron chi connectivity index (χ2n) is 6.60. The summed E-state index contributed by atoms with van der Waals surface area (Å²) in [7, 11) is 2.98. The number of benzene rings is 2. The van der Waals surface area contributed by atoms with E-state index < -0.39 is 24.4 Å². The number of nitrogens with zero attached hydrogens (tertiary/aromatic N) is 1. The first-order valence-corrected chi connectivity index (χ1v) is 9.53. The van der Waals surface area contributed by atoms with Gasteiger partial charge in [0.1, 0.15) is 11.5 Å². The third kappa shape index (κ3) is 5.01. The standard InChI is InChI=1S/C21H21ClN2O6/c1-28-16-7-8-18(29-2)17(10-16)23-19(25)12-30-21(27)13-9-20(26)24(11-13)15-5-3-14(22)4-6-15/h3-8,10,13H,9,11-12H2,1-2H3,(H,23,25)/t13-/m0/s1. The zero-order valence-electron chi connectivity index (χ0n) is 16.5. The highest BCUT2D eigenvalue weighted by Gasteiger charge is 2.36. The number of anilines is 2. The van der Waals surface area contributed by atoms with Gasteiger partial charge in [-0.3, -0.25) is 14.4 Å². The Balaban J connectivity index is 1.55. The van der Waals surface area contributed by atoms with Gasteiger partial charge in [-0.2, -0.15) is 0 Å². The predicted octanol–water partition coefficient (Wildman–Crippen LogP) is 2.89. The van der Waals surface area contributed by atoms with E-state index in [1.807, 2.05) is 0 Å². The number of carbonyl (C=O) groups is 3. The van der Waals surface area contributed by atoms with Crippen molar-refractivity contribution in [3.05, 3.63) is 47.5 Å². The number of rotatable bonds is 7. The van der Waals surface area contributed by atoms with E-state index in [9.17, 15) is 14.4 Å². The first kappa shape index (κ1) is 21.4. The van der Waals surface area contributed by atoms with E-state index in [2.05, 4.69) is 5.32 Å². The number of ether oxygens (including phenoxy) is 3. The smallest absolute Gasteiger partial charge is 0.311 e. The molecule has 1 aliphatic heterocycles. The van der Waals surface area contributed by atoms with Crippen LogP contribution in [0.15, 0.2) is 42.5 Å². The lowest BCUT2D eigenvalue weighted by molar-refractivity contribution is -0.151. The molecular formula is C21H21ClN2O6. The van der Waals surface area contributed by atoms with Gasteiger partial charge in [-0.1, -0.05) is 11.6 Å². The molecule has 0 aromatic heterocycles. The van der Waals surface area contributed by atoms with Gasteiger partial charge in [-0.15, -0.1) is 0 Å². The Morgan fingerprint density at radius 3 is 2.53 bits per heavy atom. The number of hydrogen-bond donors (Lipinski definition) is 1. The number of carbonyl (C=O) groups excluding carboxylic acids is 3. The lowest BCUT2D eigenvalue weighted by Gasteiger charge is -2.16. The van der Waals surface area contributed by atoms with Crippen molar-refractivity contribution in [1.82, 2.24) is 0 Å². The van der Waals surface area contributed by atoms with Crippen molar-refractivity contribution in [2.75, 3.05) is 37.6 Å². The monoisotopic (exact) mass is 432 g/mol. The highest BCUT2D eigenvalue weighted by Crippen LogP contribution is 2.29. The molecule has 1 fully saturated rings. The number of amides is 2. The largest absolute Gasteiger partial charge is 0.497 e. The molecule has 158 valence electrons. The van der Waals surface area contributed by atoms with E-state index in [0.29, 0.717) is 27.9 Å². The molecule has 0 saturated carbocycles. The number of esters is 1. The highest BCUT2D eigenvalue weighted by atomic mass is 35.5. The summed E-state index contributed by atoms with van der Waals surface area (Å²) in [5, 5.41) is 3.18. The highest BCUT2D eigenvalue weighted by molar-refractivity contribution is 6.30. The van der Waals surface area contributed by atoms with Crippen LogP contribution in [0, 0.1) is 5.92 Å². The molecule has 0 unspecified atom stereocenters. The summed E-state index contributed by atoms with van der Waals surface area (Å²) >= 11 is 5.87. The first-order valence-electron chi connectivity index (χ1n) is 9.15. The zero-order valence-corrected chi connectivity index (χ0v) is 17.3. The van der Waals surface area contributed by atoms with Crippen molar-refractivity contribution in [2.45, 2.75) is 6.42 Å². The minimum Gasteiger partial charge on any atom is -0.497 e. The van der Waals surface area contributed by atoms with Crippen LogP contribution in [0.5, 0.6) is 11.5 Å². The van der Waals surface area contributed by atoms with Gasteiger partial charge in [0.25, 0.3) is 5.91 Å². The second-order valence-corrected chi connectivity index (χ2v) is 7.04. The SMILES string of the molecule is COc1ccc(OC)c(NC(=O)COC(=O)[C@H]2CC(=O)N(c3ccc(Cl)cc3)C2)c1. The van der Waals surface area contributed by atoms with Crippen LogP contribution in [-0.4, -0.2) is 45.2 Å². The topological polar surface area (TPSA) is 94.2 Å². The molecule has 1 N–H and O–H groups in total. The Kier molecular flexibility index (Phi) is 6.79. The predicted molar refractivity (Wildman–Crippen MR) is 111 cm³/mol. The fraction of sp³-hybridized carbons (Fsp3) is 0.286. The van der Waals surface area contributed by atoms with Crippen LogP contribution in [0.25, 0.3) is 0 Å². The number of nitrogens with one attached hydrogen (secondary N) is 1. The van der Waals surface area contributed by atoms with Crippen LogP contribution in [0.1, 0.15) is 6.42 Å². The maximum absolute atomic E-state index is 12.4. The molecule has 2 amide bonds. The molecule has 2 aromatic carbocycles. The van der Waals surface area contributed by atoms with Crippen molar-refractivity contribution >= 4 is 40.8 Å². The molecule has 1 heterocycles. The quantitative estimate of drug-likeness (QED) is 0.676. The molecular weight excluding hydrogens is 412 g/mol. The van der Waals surface area contributed by atoms with Crippen LogP contribution >= 0.6 is 11.6 Å². The number of methoxy groups -OCH3 is 2.